The van der Waals surface area contributed by atoms with Crippen molar-refractivity contribution in [3.05, 3.63) is 53.9 Å². The summed E-state index contributed by atoms with van der Waals surface area (Å²) in [7, 11) is 0. The molecule has 2 heterocycles. The Bertz CT molecular complexity index is 791. The Morgan fingerprint density at radius 3 is 2.74 bits per heavy atom. The lowest BCUT2D eigenvalue weighted by atomic mass is 10.2. The molecule has 0 aliphatic heterocycles. The molecule has 0 aliphatic carbocycles. The zero-order valence-corrected chi connectivity index (χ0v) is 12.6. The van der Waals surface area contributed by atoms with E-state index in [9.17, 15) is 4.79 Å². The van der Waals surface area contributed by atoms with Crippen LogP contribution in [0, 0.1) is 6.92 Å². The Morgan fingerprint density at radius 1 is 1.30 bits per heavy atom. The average Bonchev–Trinajstić information content (AvgIpc) is 3.22. The van der Waals surface area contributed by atoms with Crippen molar-refractivity contribution in [2.45, 2.75) is 6.92 Å². The zero-order valence-electron chi connectivity index (χ0n) is 12.6. The van der Waals surface area contributed by atoms with Crippen LogP contribution < -0.4 is 5.32 Å². The average molecular weight is 312 g/mol. The fraction of sp³-hybridized carbons (Fsp3) is 0.188. The van der Waals surface area contributed by atoms with Gasteiger partial charge in [-0.25, -0.2) is 4.68 Å². The van der Waals surface area contributed by atoms with E-state index in [1.807, 2.05) is 31.2 Å². The first-order valence-corrected chi connectivity index (χ1v) is 7.16. The van der Waals surface area contributed by atoms with Gasteiger partial charge in [-0.15, -0.1) is 5.10 Å². The van der Waals surface area contributed by atoms with Gasteiger partial charge in [-0.1, -0.05) is 22.9 Å². The van der Waals surface area contributed by atoms with Crippen molar-refractivity contribution in [2.75, 3.05) is 13.2 Å². The van der Waals surface area contributed by atoms with Crippen LogP contribution in [0.4, 0.5) is 0 Å². The molecule has 0 bridgehead atoms. The number of amides is 1. The lowest BCUT2D eigenvalue weighted by molar-refractivity contribution is 0.0940. The molecule has 0 unspecified atom stereocenters. The second-order valence-electron chi connectivity index (χ2n) is 4.99. The maximum Gasteiger partial charge on any atom is 0.274 e. The number of carbonyl (C=O) groups excluding carboxylic acids is 1. The van der Waals surface area contributed by atoms with E-state index in [0.29, 0.717) is 11.5 Å². The molecule has 1 aromatic carbocycles. The standard InChI is InChI=1S/C16H16N4O3/c1-11-4-6-12(7-5-11)20-15(13-3-2-10-23-13)14(18-19-20)16(22)17-8-9-21/h2-7,10,21H,8-9H2,1H3,(H,17,22). The highest BCUT2D eigenvalue weighted by Gasteiger charge is 2.23. The van der Waals surface area contributed by atoms with Crippen LogP contribution in [0.1, 0.15) is 16.1 Å². The summed E-state index contributed by atoms with van der Waals surface area (Å²) < 4.78 is 6.99. The van der Waals surface area contributed by atoms with E-state index in [2.05, 4.69) is 15.6 Å². The summed E-state index contributed by atoms with van der Waals surface area (Å²) in [6, 6.07) is 11.2. The molecule has 2 aromatic heterocycles. The first-order valence-electron chi connectivity index (χ1n) is 7.16. The van der Waals surface area contributed by atoms with Crippen LogP contribution in [0.3, 0.4) is 0 Å². The molecule has 0 spiro atoms. The van der Waals surface area contributed by atoms with Gasteiger partial charge >= 0.3 is 0 Å². The summed E-state index contributed by atoms with van der Waals surface area (Å²) in [5.74, 6) is 0.0773. The number of hydrogen-bond acceptors (Lipinski definition) is 5. The van der Waals surface area contributed by atoms with Crippen LogP contribution in [0.15, 0.2) is 47.1 Å². The van der Waals surface area contributed by atoms with Crippen LogP contribution in [0.2, 0.25) is 0 Å². The van der Waals surface area contributed by atoms with Gasteiger partial charge in [-0.3, -0.25) is 4.79 Å². The Morgan fingerprint density at radius 2 is 2.09 bits per heavy atom. The number of aliphatic hydroxyl groups excluding tert-OH is 1. The molecule has 2 N–H and O–H groups in total. The number of aromatic nitrogens is 3. The predicted octanol–water partition coefficient (Wildman–Crippen LogP) is 1.56. The molecular weight excluding hydrogens is 296 g/mol. The molecule has 23 heavy (non-hydrogen) atoms. The predicted molar refractivity (Wildman–Crippen MR) is 83.2 cm³/mol. The Balaban J connectivity index is 2.08. The maximum absolute atomic E-state index is 12.2. The number of carbonyl (C=O) groups is 1. The number of furan rings is 1. The Hall–Kier alpha value is -2.93. The second kappa shape index (κ2) is 6.45. The molecular formula is C16H16N4O3. The van der Waals surface area contributed by atoms with Gasteiger partial charge in [0.25, 0.3) is 5.91 Å². The number of rotatable bonds is 5. The van der Waals surface area contributed by atoms with Gasteiger partial charge in [0.05, 0.1) is 18.6 Å². The maximum atomic E-state index is 12.2. The van der Waals surface area contributed by atoms with Crippen molar-refractivity contribution in [1.29, 1.82) is 0 Å². The monoisotopic (exact) mass is 312 g/mol. The summed E-state index contributed by atoms with van der Waals surface area (Å²) in [5, 5.41) is 19.5. The number of hydrogen-bond donors (Lipinski definition) is 2. The van der Waals surface area contributed by atoms with Crippen molar-refractivity contribution in [2.24, 2.45) is 0 Å². The molecule has 118 valence electrons. The lowest BCUT2D eigenvalue weighted by Gasteiger charge is -2.06. The van der Waals surface area contributed by atoms with Crippen molar-refractivity contribution >= 4 is 5.91 Å². The summed E-state index contributed by atoms with van der Waals surface area (Å²) in [6.07, 6.45) is 1.53. The lowest BCUT2D eigenvalue weighted by Crippen LogP contribution is -2.27. The van der Waals surface area contributed by atoms with Crippen molar-refractivity contribution in [3.63, 3.8) is 0 Å². The van der Waals surface area contributed by atoms with Gasteiger partial charge in [-0.2, -0.15) is 0 Å². The minimum atomic E-state index is -0.413. The molecule has 0 aliphatic rings. The van der Waals surface area contributed by atoms with Crippen molar-refractivity contribution < 1.29 is 14.3 Å². The van der Waals surface area contributed by atoms with Gasteiger partial charge in [0.15, 0.2) is 11.5 Å². The van der Waals surface area contributed by atoms with Gasteiger partial charge in [0.1, 0.15) is 5.69 Å². The fourth-order valence-corrected chi connectivity index (χ4v) is 2.19. The molecule has 1 amide bonds. The molecule has 0 radical (unpaired) electrons. The smallest absolute Gasteiger partial charge is 0.274 e. The van der Waals surface area contributed by atoms with Crippen LogP contribution in [0.5, 0.6) is 0 Å². The van der Waals surface area contributed by atoms with E-state index in [1.165, 1.54) is 6.26 Å². The minimum absolute atomic E-state index is 0.145. The van der Waals surface area contributed by atoms with Crippen LogP contribution in [0.25, 0.3) is 17.1 Å². The second-order valence-corrected chi connectivity index (χ2v) is 4.99. The number of aliphatic hydroxyl groups is 1. The quantitative estimate of drug-likeness (QED) is 0.745. The molecule has 0 saturated carbocycles. The van der Waals surface area contributed by atoms with Crippen molar-refractivity contribution in [1.82, 2.24) is 20.3 Å². The van der Waals surface area contributed by atoms with Gasteiger partial charge in [0, 0.05) is 6.54 Å². The SMILES string of the molecule is Cc1ccc(-n2nnc(C(=O)NCCO)c2-c2ccco2)cc1. The summed E-state index contributed by atoms with van der Waals surface area (Å²) >= 11 is 0. The molecule has 3 rings (SSSR count). The topological polar surface area (TPSA) is 93.2 Å². The van der Waals surface area contributed by atoms with Gasteiger partial charge in [0.2, 0.25) is 0 Å². The molecule has 7 heteroatoms. The van der Waals surface area contributed by atoms with Crippen molar-refractivity contribution in [3.8, 4) is 17.1 Å². The highest BCUT2D eigenvalue weighted by molar-refractivity contribution is 5.97. The third kappa shape index (κ3) is 3.00. The molecule has 7 nitrogen and oxygen atoms in total. The Labute approximate surface area is 132 Å². The van der Waals surface area contributed by atoms with E-state index >= 15 is 0 Å². The van der Waals surface area contributed by atoms with E-state index in [4.69, 9.17) is 9.52 Å². The number of aryl methyl sites for hydroxylation is 1. The first-order chi connectivity index (χ1) is 11.2. The van der Waals surface area contributed by atoms with Gasteiger partial charge in [-0.05, 0) is 31.2 Å². The fourth-order valence-electron chi connectivity index (χ4n) is 2.19. The third-order valence-corrected chi connectivity index (χ3v) is 3.32. The molecule has 0 fully saturated rings. The normalized spacial score (nSPS) is 10.7. The minimum Gasteiger partial charge on any atom is -0.463 e. The highest BCUT2D eigenvalue weighted by Crippen LogP contribution is 2.25. The largest absolute Gasteiger partial charge is 0.463 e. The van der Waals surface area contributed by atoms with E-state index in [1.54, 1.807) is 16.8 Å². The third-order valence-electron chi connectivity index (χ3n) is 3.32. The molecule has 3 aromatic rings. The highest BCUT2D eigenvalue weighted by atomic mass is 16.3. The zero-order chi connectivity index (χ0) is 16.2. The van der Waals surface area contributed by atoms with E-state index < -0.39 is 5.91 Å². The summed E-state index contributed by atoms with van der Waals surface area (Å²) in [5.41, 5.74) is 2.51. The Kier molecular flexibility index (Phi) is 4.20. The van der Waals surface area contributed by atoms with Crippen LogP contribution >= 0.6 is 0 Å². The van der Waals surface area contributed by atoms with E-state index in [0.717, 1.165) is 11.3 Å². The summed E-state index contributed by atoms with van der Waals surface area (Å²) in [4.78, 5) is 12.2. The number of nitrogens with one attached hydrogen (secondary N) is 1. The van der Waals surface area contributed by atoms with Crippen LogP contribution in [-0.4, -0.2) is 39.2 Å². The molecule has 0 saturated heterocycles. The number of benzene rings is 1. The van der Waals surface area contributed by atoms with Gasteiger partial charge < -0.3 is 14.8 Å². The van der Waals surface area contributed by atoms with E-state index in [-0.39, 0.29) is 18.8 Å². The van der Waals surface area contributed by atoms with Crippen LogP contribution in [-0.2, 0) is 0 Å². The molecule has 0 atom stereocenters. The first kappa shape index (κ1) is 15.0. The number of nitrogens with zero attached hydrogens (tertiary/aromatic N) is 3. The summed E-state index contributed by atoms with van der Waals surface area (Å²) in [6.45, 7) is 1.99.